The molecule has 5 heteroatoms. The molecule has 112 valence electrons. The van der Waals surface area contributed by atoms with E-state index in [4.69, 9.17) is 0 Å². The third-order valence-corrected chi connectivity index (χ3v) is 6.09. The van der Waals surface area contributed by atoms with E-state index in [1.165, 1.54) is 25.0 Å². The van der Waals surface area contributed by atoms with Crippen LogP contribution in [0.4, 0.5) is 0 Å². The van der Waals surface area contributed by atoms with Crippen LogP contribution in [-0.2, 0) is 9.59 Å². The van der Waals surface area contributed by atoms with Crippen LogP contribution in [0.15, 0.2) is 0 Å². The van der Waals surface area contributed by atoms with Crippen molar-refractivity contribution in [2.75, 3.05) is 25.4 Å². The third-order valence-electron chi connectivity index (χ3n) is 4.71. The Hall–Kier alpha value is -0.710. The lowest BCUT2D eigenvalue weighted by Gasteiger charge is -2.35. The lowest BCUT2D eigenvalue weighted by Crippen LogP contribution is -2.50. The summed E-state index contributed by atoms with van der Waals surface area (Å²) in [6.45, 7) is 2.25. The van der Waals surface area contributed by atoms with Crippen molar-refractivity contribution < 1.29 is 9.59 Å². The molecule has 0 N–H and O–H groups in total. The molecule has 2 unspecified atom stereocenters. The summed E-state index contributed by atoms with van der Waals surface area (Å²) < 4.78 is 0. The molecular weight excluding hydrogens is 272 g/mol. The predicted molar refractivity (Wildman–Crippen MR) is 80.6 cm³/mol. The van der Waals surface area contributed by atoms with Crippen LogP contribution >= 0.6 is 11.8 Å². The number of amides is 2. The van der Waals surface area contributed by atoms with E-state index >= 15 is 0 Å². The highest BCUT2D eigenvalue weighted by Gasteiger charge is 2.38. The molecule has 20 heavy (non-hydrogen) atoms. The fourth-order valence-corrected chi connectivity index (χ4v) is 4.88. The van der Waals surface area contributed by atoms with E-state index in [1.54, 1.807) is 0 Å². The molecule has 0 saturated carbocycles. The Kier molecular flexibility index (Phi) is 4.54. The Bertz CT molecular complexity index is 382. The Morgan fingerprint density at radius 1 is 1.05 bits per heavy atom. The van der Waals surface area contributed by atoms with Gasteiger partial charge < -0.3 is 9.80 Å². The van der Waals surface area contributed by atoms with E-state index in [0.717, 1.165) is 32.4 Å². The molecule has 3 heterocycles. The SMILES string of the molecule is O=C1C2CCCCN2C(=O)CCN1CC1CCCCS1. The minimum atomic E-state index is -0.160. The maximum absolute atomic E-state index is 12.7. The summed E-state index contributed by atoms with van der Waals surface area (Å²) in [6, 6.07) is -0.160. The average Bonchev–Trinajstić information content (AvgIpc) is 2.61. The normalized spacial score (nSPS) is 32.0. The van der Waals surface area contributed by atoms with E-state index in [9.17, 15) is 9.59 Å². The van der Waals surface area contributed by atoms with Crippen LogP contribution in [0.2, 0.25) is 0 Å². The lowest BCUT2D eigenvalue weighted by molar-refractivity contribution is -0.143. The highest BCUT2D eigenvalue weighted by Crippen LogP contribution is 2.28. The van der Waals surface area contributed by atoms with Crippen LogP contribution in [0.1, 0.15) is 44.9 Å². The zero-order chi connectivity index (χ0) is 13.9. The van der Waals surface area contributed by atoms with Gasteiger partial charge in [-0.15, -0.1) is 0 Å². The van der Waals surface area contributed by atoms with Crippen LogP contribution in [0.25, 0.3) is 0 Å². The van der Waals surface area contributed by atoms with E-state index in [0.29, 0.717) is 18.2 Å². The third kappa shape index (κ3) is 2.97. The number of fused-ring (bicyclic) bond motifs is 1. The van der Waals surface area contributed by atoms with Gasteiger partial charge in [-0.1, -0.05) is 6.42 Å². The van der Waals surface area contributed by atoms with Gasteiger partial charge >= 0.3 is 0 Å². The average molecular weight is 296 g/mol. The fourth-order valence-electron chi connectivity index (χ4n) is 3.56. The van der Waals surface area contributed by atoms with Gasteiger partial charge in [0.25, 0.3) is 0 Å². The summed E-state index contributed by atoms with van der Waals surface area (Å²) in [4.78, 5) is 28.7. The molecule has 4 nitrogen and oxygen atoms in total. The first-order chi connectivity index (χ1) is 9.75. The molecule has 0 aliphatic carbocycles. The molecule has 0 bridgehead atoms. The quantitative estimate of drug-likeness (QED) is 0.781. The van der Waals surface area contributed by atoms with Crippen molar-refractivity contribution in [3.8, 4) is 0 Å². The van der Waals surface area contributed by atoms with Crippen molar-refractivity contribution in [2.24, 2.45) is 0 Å². The first-order valence-corrected chi connectivity index (χ1v) is 9.00. The molecule has 3 saturated heterocycles. The van der Waals surface area contributed by atoms with Crippen LogP contribution < -0.4 is 0 Å². The van der Waals surface area contributed by atoms with Crippen LogP contribution in [-0.4, -0.2) is 58.3 Å². The van der Waals surface area contributed by atoms with Gasteiger partial charge in [0.05, 0.1) is 0 Å². The van der Waals surface area contributed by atoms with E-state index < -0.39 is 0 Å². The van der Waals surface area contributed by atoms with Crippen LogP contribution in [0, 0.1) is 0 Å². The largest absolute Gasteiger partial charge is 0.339 e. The van der Waals surface area contributed by atoms with Crippen molar-refractivity contribution >= 4 is 23.6 Å². The number of rotatable bonds is 2. The number of hydrogen-bond acceptors (Lipinski definition) is 3. The lowest BCUT2D eigenvalue weighted by atomic mass is 10.0. The number of thioether (sulfide) groups is 1. The van der Waals surface area contributed by atoms with Gasteiger partial charge in [0.1, 0.15) is 6.04 Å². The zero-order valence-electron chi connectivity index (χ0n) is 12.1. The number of hydrogen-bond donors (Lipinski definition) is 0. The number of nitrogens with zero attached hydrogens (tertiary/aromatic N) is 2. The monoisotopic (exact) mass is 296 g/mol. The van der Waals surface area contributed by atoms with Crippen molar-refractivity contribution in [3.05, 3.63) is 0 Å². The van der Waals surface area contributed by atoms with Gasteiger partial charge in [0.15, 0.2) is 0 Å². The second-order valence-electron chi connectivity index (χ2n) is 6.12. The van der Waals surface area contributed by atoms with Gasteiger partial charge in [-0.25, -0.2) is 0 Å². The standard InChI is InChI=1S/C15H24N2O2S/c18-14-7-9-16(11-12-5-2-4-10-20-12)15(19)13-6-1-3-8-17(13)14/h12-13H,1-11H2. The molecule has 2 amide bonds. The molecule has 3 rings (SSSR count). The molecule has 0 aromatic heterocycles. The summed E-state index contributed by atoms with van der Waals surface area (Å²) in [5.74, 6) is 1.62. The van der Waals surface area contributed by atoms with E-state index in [2.05, 4.69) is 0 Å². The first-order valence-electron chi connectivity index (χ1n) is 7.95. The predicted octanol–water partition coefficient (Wildman–Crippen LogP) is 1.89. The maximum Gasteiger partial charge on any atom is 0.245 e. The van der Waals surface area contributed by atoms with E-state index in [-0.39, 0.29) is 17.9 Å². The fraction of sp³-hybridized carbons (Fsp3) is 0.867. The second kappa shape index (κ2) is 6.37. The first kappa shape index (κ1) is 14.2. The van der Waals surface area contributed by atoms with Gasteiger partial charge in [-0.3, -0.25) is 9.59 Å². The van der Waals surface area contributed by atoms with Crippen LogP contribution in [0.3, 0.4) is 0 Å². The molecule has 3 fully saturated rings. The minimum Gasteiger partial charge on any atom is -0.339 e. The number of piperidine rings is 1. The highest BCUT2D eigenvalue weighted by atomic mass is 32.2. The minimum absolute atomic E-state index is 0.160. The molecule has 0 aromatic rings. The van der Waals surface area contributed by atoms with Crippen molar-refractivity contribution in [1.82, 2.24) is 9.80 Å². The summed E-state index contributed by atoms with van der Waals surface area (Å²) in [5.41, 5.74) is 0. The van der Waals surface area contributed by atoms with Gasteiger partial charge in [-0.2, -0.15) is 11.8 Å². The number of carbonyl (C=O) groups is 2. The Morgan fingerprint density at radius 3 is 2.70 bits per heavy atom. The summed E-state index contributed by atoms with van der Waals surface area (Å²) >= 11 is 2.00. The molecule has 0 radical (unpaired) electrons. The highest BCUT2D eigenvalue weighted by molar-refractivity contribution is 7.99. The Balaban J connectivity index is 1.68. The maximum atomic E-state index is 12.7. The molecule has 0 spiro atoms. The summed E-state index contributed by atoms with van der Waals surface area (Å²) in [7, 11) is 0. The Labute approximate surface area is 125 Å². The molecular formula is C15H24N2O2S. The smallest absolute Gasteiger partial charge is 0.245 e. The van der Waals surface area contributed by atoms with Crippen molar-refractivity contribution in [1.29, 1.82) is 0 Å². The Morgan fingerprint density at radius 2 is 1.90 bits per heavy atom. The summed E-state index contributed by atoms with van der Waals surface area (Å²) in [6.07, 6.45) is 7.31. The van der Waals surface area contributed by atoms with Gasteiger partial charge in [0.2, 0.25) is 11.8 Å². The molecule has 0 aromatic carbocycles. The van der Waals surface area contributed by atoms with Crippen molar-refractivity contribution in [3.63, 3.8) is 0 Å². The zero-order valence-corrected chi connectivity index (χ0v) is 12.9. The topological polar surface area (TPSA) is 40.6 Å². The van der Waals surface area contributed by atoms with Gasteiger partial charge in [-0.05, 0) is 37.9 Å². The van der Waals surface area contributed by atoms with Crippen LogP contribution in [0.5, 0.6) is 0 Å². The second-order valence-corrected chi connectivity index (χ2v) is 7.53. The molecule has 2 atom stereocenters. The number of carbonyl (C=O) groups excluding carboxylic acids is 2. The summed E-state index contributed by atoms with van der Waals surface area (Å²) in [5, 5.41) is 0.581. The molecule has 3 aliphatic rings. The van der Waals surface area contributed by atoms with Crippen molar-refractivity contribution in [2.45, 2.75) is 56.2 Å². The van der Waals surface area contributed by atoms with Gasteiger partial charge in [0, 0.05) is 31.3 Å². The molecule has 3 aliphatic heterocycles. The van der Waals surface area contributed by atoms with E-state index in [1.807, 2.05) is 21.6 Å².